The molecule has 0 aliphatic carbocycles. The Morgan fingerprint density at radius 3 is 2.71 bits per heavy atom. The largest absolute Gasteiger partial charge is 0.357 e. The highest BCUT2D eigenvalue weighted by molar-refractivity contribution is 14.0. The summed E-state index contributed by atoms with van der Waals surface area (Å²) in [6.07, 6.45) is 1.82. The minimum atomic E-state index is 0. The minimum Gasteiger partial charge on any atom is -0.357 e. The molecule has 0 saturated carbocycles. The van der Waals surface area contributed by atoms with Crippen LogP contribution in [0.15, 0.2) is 16.4 Å². The van der Waals surface area contributed by atoms with E-state index >= 15 is 0 Å². The van der Waals surface area contributed by atoms with E-state index in [1.165, 1.54) is 22.0 Å². The Labute approximate surface area is 208 Å². The van der Waals surface area contributed by atoms with Crippen LogP contribution in [0, 0.1) is 0 Å². The van der Waals surface area contributed by atoms with Crippen LogP contribution in [0.3, 0.4) is 0 Å². The Balaban J connectivity index is 0.00000272. The second-order valence-corrected chi connectivity index (χ2v) is 9.16. The molecule has 2 aliphatic heterocycles. The van der Waals surface area contributed by atoms with Crippen molar-refractivity contribution < 1.29 is 4.79 Å². The number of thiophene rings is 1. The van der Waals surface area contributed by atoms with E-state index in [1.54, 1.807) is 11.3 Å². The van der Waals surface area contributed by atoms with E-state index in [4.69, 9.17) is 0 Å². The molecule has 31 heavy (non-hydrogen) atoms. The van der Waals surface area contributed by atoms with Crippen LogP contribution in [0.1, 0.15) is 30.1 Å². The number of aliphatic imine (C=N–C) groups is 1. The lowest BCUT2D eigenvalue weighted by atomic mass is 10.1. The number of nitrogens with zero attached hydrogens (tertiary/aromatic N) is 6. The standard InChI is InChI=1S/C20H29N7OS2.HI/c1-3-17-23-20(30-24-17)26-10-8-25(9-11-26)19(21-4-2)22-13-18(28)27-7-5-16-15(14-27)6-12-29-16;/h6,12H,3-5,7-11,13-14H2,1-2H3,(H,21,22);1H. The lowest BCUT2D eigenvalue weighted by molar-refractivity contribution is -0.130. The van der Waals surface area contributed by atoms with Gasteiger partial charge in [0.2, 0.25) is 11.0 Å². The second kappa shape index (κ2) is 11.4. The fourth-order valence-electron chi connectivity index (χ4n) is 3.76. The molecule has 1 amide bonds. The summed E-state index contributed by atoms with van der Waals surface area (Å²) in [6, 6.07) is 2.13. The van der Waals surface area contributed by atoms with Gasteiger partial charge in [0.15, 0.2) is 5.96 Å². The third kappa shape index (κ3) is 5.86. The third-order valence-corrected chi connectivity index (χ3v) is 7.32. The quantitative estimate of drug-likeness (QED) is 0.336. The van der Waals surface area contributed by atoms with Crippen molar-refractivity contribution in [2.75, 3.05) is 50.7 Å². The Hall–Kier alpha value is -1.47. The van der Waals surface area contributed by atoms with Crippen molar-refractivity contribution in [3.63, 3.8) is 0 Å². The molecule has 1 saturated heterocycles. The molecule has 11 heteroatoms. The van der Waals surface area contributed by atoms with Crippen LogP contribution in [-0.2, 0) is 24.2 Å². The van der Waals surface area contributed by atoms with E-state index in [9.17, 15) is 4.79 Å². The van der Waals surface area contributed by atoms with Crippen molar-refractivity contribution in [1.82, 2.24) is 24.5 Å². The summed E-state index contributed by atoms with van der Waals surface area (Å²) in [5, 5.41) is 6.47. The first-order valence-corrected chi connectivity index (χ1v) is 12.3. The number of piperazine rings is 1. The van der Waals surface area contributed by atoms with Gasteiger partial charge in [0.05, 0.1) is 0 Å². The highest BCUT2D eigenvalue weighted by Gasteiger charge is 2.24. The molecule has 0 bridgehead atoms. The summed E-state index contributed by atoms with van der Waals surface area (Å²) in [6.45, 7) is 10.1. The van der Waals surface area contributed by atoms with E-state index < -0.39 is 0 Å². The average Bonchev–Trinajstić information content (AvgIpc) is 3.45. The van der Waals surface area contributed by atoms with E-state index in [0.29, 0.717) is 6.54 Å². The summed E-state index contributed by atoms with van der Waals surface area (Å²) in [7, 11) is 0. The highest BCUT2D eigenvalue weighted by atomic mass is 127. The fourth-order valence-corrected chi connectivity index (χ4v) is 5.45. The lowest BCUT2D eigenvalue weighted by Gasteiger charge is -2.36. The molecule has 2 aromatic heterocycles. The number of guanidine groups is 1. The smallest absolute Gasteiger partial charge is 0.244 e. The molecule has 0 aromatic carbocycles. The number of rotatable bonds is 5. The summed E-state index contributed by atoms with van der Waals surface area (Å²) >= 11 is 3.27. The van der Waals surface area contributed by atoms with E-state index in [-0.39, 0.29) is 36.4 Å². The third-order valence-electron chi connectivity index (χ3n) is 5.48. The average molecular weight is 576 g/mol. The van der Waals surface area contributed by atoms with Gasteiger partial charge in [0, 0.05) is 68.6 Å². The summed E-state index contributed by atoms with van der Waals surface area (Å²) in [5.74, 6) is 1.84. The van der Waals surface area contributed by atoms with Gasteiger partial charge < -0.3 is 20.0 Å². The Morgan fingerprint density at radius 2 is 2.00 bits per heavy atom. The first-order chi connectivity index (χ1) is 14.7. The van der Waals surface area contributed by atoms with Crippen LogP contribution in [0.2, 0.25) is 0 Å². The number of halogens is 1. The number of hydrogen-bond acceptors (Lipinski definition) is 7. The zero-order chi connectivity index (χ0) is 20.9. The summed E-state index contributed by atoms with van der Waals surface area (Å²) in [4.78, 5) is 29.9. The molecule has 0 spiro atoms. The second-order valence-electron chi connectivity index (χ2n) is 7.43. The molecule has 1 N–H and O–H groups in total. The maximum Gasteiger partial charge on any atom is 0.244 e. The maximum absolute atomic E-state index is 12.7. The zero-order valence-corrected chi connectivity index (χ0v) is 22.0. The Bertz CT molecular complexity index is 892. The van der Waals surface area contributed by atoms with E-state index in [1.807, 2.05) is 4.90 Å². The molecule has 4 heterocycles. The van der Waals surface area contributed by atoms with Crippen LogP contribution in [0.4, 0.5) is 5.13 Å². The number of nitrogens with one attached hydrogen (secondary N) is 1. The molecule has 2 aromatic rings. The number of anilines is 1. The number of carbonyl (C=O) groups is 1. The van der Waals surface area contributed by atoms with Crippen molar-refractivity contribution >= 4 is 63.8 Å². The molecule has 8 nitrogen and oxygen atoms in total. The van der Waals surface area contributed by atoms with Crippen molar-refractivity contribution in [2.45, 2.75) is 33.2 Å². The van der Waals surface area contributed by atoms with E-state index in [0.717, 1.165) is 69.0 Å². The number of hydrogen-bond donors (Lipinski definition) is 1. The van der Waals surface area contributed by atoms with Gasteiger partial charge in [-0.05, 0) is 30.4 Å². The first kappa shape index (κ1) is 24.2. The molecule has 0 radical (unpaired) electrons. The number of carbonyl (C=O) groups excluding carboxylic acids is 1. The van der Waals surface area contributed by atoms with Gasteiger partial charge in [-0.3, -0.25) is 4.79 Å². The van der Waals surface area contributed by atoms with Crippen molar-refractivity contribution in [3.05, 3.63) is 27.7 Å². The molecule has 0 unspecified atom stereocenters. The van der Waals surface area contributed by atoms with Crippen LogP contribution < -0.4 is 10.2 Å². The van der Waals surface area contributed by atoms with Crippen LogP contribution in [0.25, 0.3) is 0 Å². The molecule has 0 atom stereocenters. The molecule has 4 rings (SSSR count). The maximum atomic E-state index is 12.7. The number of aromatic nitrogens is 2. The fraction of sp³-hybridized carbons (Fsp3) is 0.600. The van der Waals surface area contributed by atoms with Crippen LogP contribution in [-0.4, -0.2) is 76.8 Å². The van der Waals surface area contributed by atoms with Crippen molar-refractivity contribution in [3.8, 4) is 0 Å². The zero-order valence-electron chi connectivity index (χ0n) is 18.0. The van der Waals surface area contributed by atoms with Crippen LogP contribution >= 0.6 is 46.8 Å². The highest BCUT2D eigenvalue weighted by Crippen LogP contribution is 2.24. The van der Waals surface area contributed by atoms with Gasteiger partial charge >= 0.3 is 0 Å². The first-order valence-electron chi connectivity index (χ1n) is 10.6. The SMILES string of the molecule is CCNC(=NCC(=O)N1CCc2sccc2C1)N1CCN(c2nc(CC)ns2)CC1.I. The predicted molar refractivity (Wildman–Crippen MR) is 138 cm³/mol. The summed E-state index contributed by atoms with van der Waals surface area (Å²) < 4.78 is 4.40. The summed E-state index contributed by atoms with van der Waals surface area (Å²) in [5.41, 5.74) is 1.29. The normalized spacial score (nSPS) is 16.7. The molecule has 1 fully saturated rings. The van der Waals surface area contributed by atoms with Gasteiger partial charge in [-0.15, -0.1) is 35.3 Å². The van der Waals surface area contributed by atoms with Gasteiger partial charge in [-0.25, -0.2) is 9.98 Å². The topological polar surface area (TPSA) is 77.0 Å². The molecular weight excluding hydrogens is 545 g/mol. The molecule has 2 aliphatic rings. The molecular formula is C20H30IN7OS2. The van der Waals surface area contributed by atoms with Gasteiger partial charge in [0.25, 0.3) is 0 Å². The van der Waals surface area contributed by atoms with Crippen LogP contribution in [0.5, 0.6) is 0 Å². The van der Waals surface area contributed by atoms with Gasteiger partial charge in [-0.1, -0.05) is 6.92 Å². The minimum absolute atomic E-state index is 0. The van der Waals surface area contributed by atoms with Gasteiger partial charge in [-0.2, -0.15) is 4.37 Å². The Kier molecular flexibility index (Phi) is 8.90. The van der Waals surface area contributed by atoms with E-state index in [2.05, 4.69) is 54.8 Å². The number of amides is 1. The molecule has 170 valence electrons. The Morgan fingerprint density at radius 1 is 1.19 bits per heavy atom. The van der Waals surface area contributed by atoms with Crippen molar-refractivity contribution in [2.24, 2.45) is 4.99 Å². The lowest BCUT2D eigenvalue weighted by Crippen LogP contribution is -2.52. The monoisotopic (exact) mass is 575 g/mol. The van der Waals surface area contributed by atoms with Crippen molar-refractivity contribution in [1.29, 1.82) is 0 Å². The van der Waals surface area contributed by atoms with Gasteiger partial charge in [0.1, 0.15) is 12.4 Å². The predicted octanol–water partition coefficient (Wildman–Crippen LogP) is 2.45. The number of aryl methyl sites for hydroxylation is 1. The number of fused-ring (bicyclic) bond motifs is 1.